The van der Waals surface area contributed by atoms with Crippen LogP contribution in [0, 0.1) is 11.3 Å². The topological polar surface area (TPSA) is 68.5 Å². The lowest BCUT2D eigenvalue weighted by atomic mass is 10.1. The van der Waals surface area contributed by atoms with Crippen LogP contribution in [0.15, 0.2) is 29.8 Å². The molecule has 0 spiro atoms. The van der Waals surface area contributed by atoms with Gasteiger partial charge in [0.2, 0.25) is 0 Å². The van der Waals surface area contributed by atoms with Gasteiger partial charge < -0.3 is 14.2 Å². The van der Waals surface area contributed by atoms with E-state index in [1.165, 1.54) is 13.2 Å². The third kappa shape index (κ3) is 5.12. The Kier molecular flexibility index (Phi) is 6.87. The van der Waals surface area contributed by atoms with Crippen molar-refractivity contribution in [3.05, 3.63) is 35.4 Å². The van der Waals surface area contributed by atoms with E-state index in [-0.39, 0.29) is 12.2 Å². The maximum atomic E-state index is 11.6. The van der Waals surface area contributed by atoms with E-state index in [0.29, 0.717) is 13.2 Å². The number of hydrogen-bond donors (Lipinski definition) is 0. The number of carbonyl (C=O) groups excluding carboxylic acids is 1. The molecule has 0 N–H and O–H groups in total. The summed E-state index contributed by atoms with van der Waals surface area (Å²) in [5.41, 5.74) is 0.680. The molecule has 0 aliphatic heterocycles. The van der Waals surface area contributed by atoms with E-state index in [1.807, 2.05) is 13.0 Å². The normalized spacial score (nSPS) is 10.8. The van der Waals surface area contributed by atoms with Crippen molar-refractivity contribution in [1.82, 2.24) is 0 Å². The fraction of sp³-hybridized carbons (Fsp3) is 0.333. The molecule has 1 aromatic carbocycles. The molecular weight excluding hydrogens is 258 g/mol. The SMILES string of the molecule is CCOc1ccc(C=C(C#N)C(=O)OCCOC)cc1. The molecule has 20 heavy (non-hydrogen) atoms. The molecule has 0 atom stereocenters. The summed E-state index contributed by atoms with van der Waals surface area (Å²) >= 11 is 0. The van der Waals surface area contributed by atoms with Crippen LogP contribution in [-0.4, -0.2) is 32.9 Å². The van der Waals surface area contributed by atoms with Crippen molar-refractivity contribution in [2.24, 2.45) is 0 Å². The van der Waals surface area contributed by atoms with Crippen molar-refractivity contribution in [3.8, 4) is 11.8 Å². The van der Waals surface area contributed by atoms with Gasteiger partial charge in [-0.1, -0.05) is 12.1 Å². The molecule has 1 aromatic rings. The molecule has 5 nitrogen and oxygen atoms in total. The Labute approximate surface area is 118 Å². The highest BCUT2D eigenvalue weighted by Crippen LogP contribution is 2.14. The molecule has 5 heteroatoms. The largest absolute Gasteiger partial charge is 0.494 e. The van der Waals surface area contributed by atoms with Crippen LogP contribution in [0.4, 0.5) is 0 Å². The summed E-state index contributed by atoms with van der Waals surface area (Å²) < 4.78 is 15.0. The summed E-state index contributed by atoms with van der Waals surface area (Å²) in [5.74, 6) is 0.0873. The predicted octanol–water partition coefficient (Wildman–Crippen LogP) is 2.18. The molecule has 0 saturated heterocycles. The zero-order valence-electron chi connectivity index (χ0n) is 11.6. The molecule has 0 radical (unpaired) electrons. The summed E-state index contributed by atoms with van der Waals surface area (Å²) in [5, 5.41) is 8.98. The molecule has 0 saturated carbocycles. The number of methoxy groups -OCH3 is 1. The van der Waals surface area contributed by atoms with Gasteiger partial charge in [0.1, 0.15) is 24.0 Å². The predicted molar refractivity (Wildman–Crippen MR) is 74.0 cm³/mol. The molecule has 0 aliphatic rings. The van der Waals surface area contributed by atoms with Crippen molar-refractivity contribution in [1.29, 1.82) is 5.26 Å². The Morgan fingerprint density at radius 3 is 2.55 bits per heavy atom. The molecule has 0 fully saturated rings. The Morgan fingerprint density at radius 1 is 1.30 bits per heavy atom. The van der Waals surface area contributed by atoms with E-state index in [2.05, 4.69) is 0 Å². The minimum atomic E-state index is -0.654. The lowest BCUT2D eigenvalue weighted by Crippen LogP contribution is -2.11. The third-order valence-electron chi connectivity index (χ3n) is 2.36. The zero-order chi connectivity index (χ0) is 14.8. The van der Waals surface area contributed by atoms with Gasteiger partial charge in [0.25, 0.3) is 0 Å². The first-order chi connectivity index (χ1) is 9.71. The van der Waals surface area contributed by atoms with Crippen LogP contribution in [0.1, 0.15) is 12.5 Å². The minimum Gasteiger partial charge on any atom is -0.494 e. The summed E-state index contributed by atoms with van der Waals surface area (Å²) in [6.07, 6.45) is 1.48. The van der Waals surface area contributed by atoms with Gasteiger partial charge in [-0.25, -0.2) is 4.79 Å². The van der Waals surface area contributed by atoms with Crippen LogP contribution in [0.2, 0.25) is 0 Å². The maximum absolute atomic E-state index is 11.6. The number of esters is 1. The van der Waals surface area contributed by atoms with Crippen molar-refractivity contribution >= 4 is 12.0 Å². The summed E-state index contributed by atoms with van der Waals surface area (Å²) in [7, 11) is 1.51. The molecule has 0 amide bonds. The molecule has 0 aromatic heterocycles. The number of nitrogens with zero attached hydrogens (tertiary/aromatic N) is 1. The highest BCUT2D eigenvalue weighted by Gasteiger charge is 2.10. The standard InChI is InChI=1S/C15H17NO4/c1-3-19-14-6-4-12(5-7-14)10-13(11-16)15(17)20-9-8-18-2/h4-7,10H,3,8-9H2,1-2H3. The second kappa shape index (κ2) is 8.73. The average Bonchev–Trinajstić information content (AvgIpc) is 2.47. The van der Waals surface area contributed by atoms with Crippen molar-refractivity contribution < 1.29 is 19.0 Å². The fourth-order valence-electron chi connectivity index (χ4n) is 1.43. The molecule has 0 aliphatic carbocycles. The molecule has 0 bridgehead atoms. The lowest BCUT2D eigenvalue weighted by Gasteiger charge is -2.04. The molecule has 0 heterocycles. The van der Waals surface area contributed by atoms with Gasteiger partial charge >= 0.3 is 5.97 Å². The van der Waals surface area contributed by atoms with Gasteiger partial charge in [0.15, 0.2) is 0 Å². The van der Waals surface area contributed by atoms with Crippen LogP contribution in [-0.2, 0) is 14.3 Å². The number of ether oxygens (including phenoxy) is 3. The van der Waals surface area contributed by atoms with E-state index in [1.54, 1.807) is 24.3 Å². The Balaban J connectivity index is 2.73. The van der Waals surface area contributed by atoms with Crippen molar-refractivity contribution in [2.75, 3.05) is 26.9 Å². The van der Waals surface area contributed by atoms with Crippen LogP contribution in [0.3, 0.4) is 0 Å². The first kappa shape index (κ1) is 15.7. The van der Waals surface area contributed by atoms with E-state index in [0.717, 1.165) is 11.3 Å². The highest BCUT2D eigenvalue weighted by atomic mass is 16.6. The summed E-state index contributed by atoms with van der Waals surface area (Å²) in [6, 6.07) is 8.93. The lowest BCUT2D eigenvalue weighted by molar-refractivity contribution is -0.139. The first-order valence-electron chi connectivity index (χ1n) is 6.22. The quantitative estimate of drug-likeness (QED) is 0.330. The van der Waals surface area contributed by atoms with Gasteiger partial charge in [0.05, 0.1) is 13.2 Å². The second-order valence-electron chi connectivity index (χ2n) is 3.80. The fourth-order valence-corrected chi connectivity index (χ4v) is 1.43. The smallest absolute Gasteiger partial charge is 0.348 e. The van der Waals surface area contributed by atoms with Gasteiger partial charge in [0, 0.05) is 7.11 Å². The van der Waals surface area contributed by atoms with Crippen LogP contribution in [0.25, 0.3) is 6.08 Å². The number of carbonyl (C=O) groups is 1. The number of hydrogen-bond acceptors (Lipinski definition) is 5. The Bertz CT molecular complexity index is 500. The number of nitriles is 1. The van der Waals surface area contributed by atoms with E-state index in [4.69, 9.17) is 19.5 Å². The van der Waals surface area contributed by atoms with Crippen molar-refractivity contribution in [2.45, 2.75) is 6.92 Å². The highest BCUT2D eigenvalue weighted by molar-refractivity contribution is 5.97. The van der Waals surface area contributed by atoms with Crippen LogP contribution >= 0.6 is 0 Å². The van der Waals surface area contributed by atoms with Gasteiger partial charge in [-0.3, -0.25) is 0 Å². The summed E-state index contributed by atoms with van der Waals surface area (Å²) in [4.78, 5) is 11.6. The first-order valence-corrected chi connectivity index (χ1v) is 6.22. The number of rotatable bonds is 7. The van der Waals surface area contributed by atoms with Crippen LogP contribution in [0.5, 0.6) is 5.75 Å². The van der Waals surface area contributed by atoms with Gasteiger partial charge in [-0.2, -0.15) is 5.26 Å². The van der Waals surface area contributed by atoms with E-state index < -0.39 is 5.97 Å². The van der Waals surface area contributed by atoms with E-state index >= 15 is 0 Å². The molecular formula is C15H17NO4. The van der Waals surface area contributed by atoms with Gasteiger partial charge in [-0.05, 0) is 30.7 Å². The van der Waals surface area contributed by atoms with Crippen LogP contribution < -0.4 is 4.74 Å². The Morgan fingerprint density at radius 2 is 2.00 bits per heavy atom. The second-order valence-corrected chi connectivity index (χ2v) is 3.80. The average molecular weight is 275 g/mol. The molecule has 0 unspecified atom stereocenters. The monoisotopic (exact) mass is 275 g/mol. The third-order valence-corrected chi connectivity index (χ3v) is 2.36. The van der Waals surface area contributed by atoms with Crippen molar-refractivity contribution in [3.63, 3.8) is 0 Å². The molecule has 1 rings (SSSR count). The maximum Gasteiger partial charge on any atom is 0.348 e. The van der Waals surface area contributed by atoms with Gasteiger partial charge in [-0.15, -0.1) is 0 Å². The zero-order valence-corrected chi connectivity index (χ0v) is 11.6. The minimum absolute atomic E-state index is 0.0507. The summed E-state index contributed by atoms with van der Waals surface area (Å²) in [6.45, 7) is 2.91. The number of benzene rings is 1. The Hall–Kier alpha value is -2.32. The van der Waals surface area contributed by atoms with E-state index in [9.17, 15) is 4.79 Å². The molecule has 106 valence electrons.